The minimum absolute atomic E-state index is 0.0279. The van der Waals surface area contributed by atoms with Crippen LogP contribution in [-0.2, 0) is 0 Å². The van der Waals surface area contributed by atoms with Crippen LogP contribution < -0.4 is 11.5 Å². The van der Waals surface area contributed by atoms with Crippen LogP contribution in [0.2, 0.25) is 0 Å². The Hall–Kier alpha value is -0.320. The lowest BCUT2D eigenvalue weighted by molar-refractivity contribution is 0.433. The molecule has 12 heavy (non-hydrogen) atoms. The first kappa shape index (κ1) is 9.77. The van der Waals surface area contributed by atoms with E-state index in [9.17, 15) is 0 Å². The molecule has 0 saturated heterocycles. The van der Waals surface area contributed by atoms with Crippen LogP contribution in [0.25, 0.3) is 0 Å². The van der Waals surface area contributed by atoms with E-state index >= 15 is 0 Å². The Kier molecular flexibility index (Phi) is 3.78. The van der Waals surface area contributed by atoms with Crippen molar-refractivity contribution in [3.05, 3.63) is 22.6 Å². The number of nitrogens with two attached hydrogens (primary N) is 2. The summed E-state index contributed by atoms with van der Waals surface area (Å²) in [5.74, 6) is 0.815. The summed E-state index contributed by atoms with van der Waals surface area (Å²) in [5, 5.41) is 0. The lowest BCUT2D eigenvalue weighted by Gasteiger charge is -2.06. The third kappa shape index (κ3) is 2.62. The molecule has 4 heteroatoms. The molecule has 4 N–H and O–H groups in total. The van der Waals surface area contributed by atoms with Gasteiger partial charge in [-0.05, 0) is 47.4 Å². The molecule has 3 nitrogen and oxygen atoms in total. The largest absolute Gasteiger partial charge is 0.453 e. The highest BCUT2D eigenvalue weighted by atomic mass is 79.9. The van der Waals surface area contributed by atoms with E-state index in [4.69, 9.17) is 15.9 Å². The minimum Gasteiger partial charge on any atom is -0.453 e. The molecule has 1 aromatic rings. The van der Waals surface area contributed by atoms with E-state index in [1.807, 2.05) is 12.1 Å². The summed E-state index contributed by atoms with van der Waals surface area (Å²) in [4.78, 5) is 0. The predicted molar refractivity (Wildman–Crippen MR) is 51.6 cm³/mol. The lowest BCUT2D eigenvalue weighted by Crippen LogP contribution is -2.11. The Morgan fingerprint density at radius 2 is 2.25 bits per heavy atom. The maximum atomic E-state index is 5.82. The van der Waals surface area contributed by atoms with E-state index in [1.54, 1.807) is 0 Å². The molecular formula is C8H13BrN2O. The van der Waals surface area contributed by atoms with Gasteiger partial charge in [-0.1, -0.05) is 0 Å². The molecule has 0 bridgehead atoms. The standard InChI is InChI=1S/C8H13BrN2O/c9-8-4-3-7(12-8)6(11)2-1-5-10/h3-4,6H,1-2,5,10-11H2/t6-/m0/s1. The highest BCUT2D eigenvalue weighted by molar-refractivity contribution is 9.10. The van der Waals surface area contributed by atoms with Crippen LogP contribution in [0.15, 0.2) is 21.2 Å². The summed E-state index contributed by atoms with van der Waals surface area (Å²) in [6.45, 7) is 0.676. The first-order valence-electron chi connectivity index (χ1n) is 3.95. The topological polar surface area (TPSA) is 65.2 Å². The average molecular weight is 233 g/mol. The minimum atomic E-state index is -0.0279. The van der Waals surface area contributed by atoms with Gasteiger partial charge in [0.05, 0.1) is 6.04 Å². The molecule has 0 aromatic carbocycles. The molecule has 1 atom stereocenters. The first-order chi connectivity index (χ1) is 5.74. The van der Waals surface area contributed by atoms with Crippen LogP contribution in [0.3, 0.4) is 0 Å². The van der Waals surface area contributed by atoms with Gasteiger partial charge in [-0.25, -0.2) is 0 Å². The van der Waals surface area contributed by atoms with Crippen molar-refractivity contribution in [3.8, 4) is 0 Å². The second-order valence-electron chi connectivity index (χ2n) is 2.68. The van der Waals surface area contributed by atoms with E-state index in [-0.39, 0.29) is 6.04 Å². The predicted octanol–water partition coefficient (Wildman–Crippen LogP) is 1.78. The fraction of sp³-hybridized carbons (Fsp3) is 0.500. The van der Waals surface area contributed by atoms with E-state index < -0.39 is 0 Å². The van der Waals surface area contributed by atoms with Gasteiger partial charge in [0.2, 0.25) is 0 Å². The highest BCUT2D eigenvalue weighted by Crippen LogP contribution is 2.21. The van der Waals surface area contributed by atoms with Gasteiger partial charge in [0.15, 0.2) is 4.67 Å². The molecule has 0 radical (unpaired) electrons. The van der Waals surface area contributed by atoms with Gasteiger partial charge in [-0.3, -0.25) is 0 Å². The lowest BCUT2D eigenvalue weighted by atomic mass is 10.1. The Morgan fingerprint density at radius 1 is 1.50 bits per heavy atom. The second kappa shape index (κ2) is 4.64. The fourth-order valence-electron chi connectivity index (χ4n) is 1.01. The van der Waals surface area contributed by atoms with Crippen molar-refractivity contribution < 1.29 is 4.42 Å². The SMILES string of the molecule is NCCC[C@H](N)c1ccc(Br)o1. The fourth-order valence-corrected chi connectivity index (χ4v) is 1.33. The zero-order valence-electron chi connectivity index (χ0n) is 6.79. The summed E-state index contributed by atoms with van der Waals surface area (Å²) in [5.41, 5.74) is 11.2. The van der Waals surface area contributed by atoms with Crippen molar-refractivity contribution in [3.63, 3.8) is 0 Å². The van der Waals surface area contributed by atoms with Crippen molar-refractivity contribution in [1.29, 1.82) is 0 Å². The summed E-state index contributed by atoms with van der Waals surface area (Å²) >= 11 is 3.22. The zero-order chi connectivity index (χ0) is 8.97. The van der Waals surface area contributed by atoms with E-state index in [0.29, 0.717) is 6.54 Å². The maximum absolute atomic E-state index is 5.82. The quantitative estimate of drug-likeness (QED) is 0.832. The molecule has 0 aliphatic carbocycles. The molecule has 0 unspecified atom stereocenters. The van der Waals surface area contributed by atoms with Gasteiger partial charge >= 0.3 is 0 Å². The molecule has 0 aliphatic heterocycles. The molecule has 1 rings (SSSR count). The molecule has 0 amide bonds. The summed E-state index contributed by atoms with van der Waals surface area (Å²) in [6.07, 6.45) is 1.80. The van der Waals surface area contributed by atoms with Crippen molar-refractivity contribution in [2.75, 3.05) is 6.54 Å². The molecule has 0 aliphatic rings. The second-order valence-corrected chi connectivity index (χ2v) is 3.46. The Balaban J connectivity index is 2.47. The number of furan rings is 1. The zero-order valence-corrected chi connectivity index (χ0v) is 8.38. The third-order valence-corrected chi connectivity index (χ3v) is 2.10. The summed E-state index contributed by atoms with van der Waals surface area (Å²) in [7, 11) is 0. The van der Waals surface area contributed by atoms with Gasteiger partial charge in [0, 0.05) is 0 Å². The van der Waals surface area contributed by atoms with E-state index in [0.717, 1.165) is 23.3 Å². The van der Waals surface area contributed by atoms with Crippen molar-refractivity contribution in [1.82, 2.24) is 0 Å². The van der Waals surface area contributed by atoms with E-state index in [2.05, 4.69) is 15.9 Å². The molecule has 1 heterocycles. The number of hydrogen-bond acceptors (Lipinski definition) is 3. The molecule has 0 fully saturated rings. The Bertz CT molecular complexity index is 237. The van der Waals surface area contributed by atoms with Crippen LogP contribution in [0, 0.1) is 0 Å². The Labute approximate surface area is 80.2 Å². The van der Waals surface area contributed by atoms with Crippen LogP contribution in [0.1, 0.15) is 24.6 Å². The van der Waals surface area contributed by atoms with Crippen molar-refractivity contribution in [2.24, 2.45) is 11.5 Å². The molecule has 0 saturated carbocycles. The van der Waals surface area contributed by atoms with Crippen molar-refractivity contribution in [2.45, 2.75) is 18.9 Å². The normalized spacial score (nSPS) is 13.2. The molecule has 1 aromatic heterocycles. The van der Waals surface area contributed by atoms with Gasteiger partial charge in [-0.15, -0.1) is 0 Å². The number of hydrogen-bond donors (Lipinski definition) is 2. The van der Waals surface area contributed by atoms with Gasteiger partial charge in [0.25, 0.3) is 0 Å². The number of halogens is 1. The molecular weight excluding hydrogens is 220 g/mol. The van der Waals surface area contributed by atoms with Crippen LogP contribution in [-0.4, -0.2) is 6.54 Å². The first-order valence-corrected chi connectivity index (χ1v) is 4.74. The summed E-state index contributed by atoms with van der Waals surface area (Å²) in [6, 6.07) is 3.70. The van der Waals surface area contributed by atoms with Gasteiger partial charge in [0.1, 0.15) is 5.76 Å². The molecule has 0 spiro atoms. The molecule has 68 valence electrons. The van der Waals surface area contributed by atoms with Crippen molar-refractivity contribution >= 4 is 15.9 Å². The smallest absolute Gasteiger partial charge is 0.169 e. The van der Waals surface area contributed by atoms with Crippen LogP contribution in [0.4, 0.5) is 0 Å². The van der Waals surface area contributed by atoms with Gasteiger partial charge in [-0.2, -0.15) is 0 Å². The van der Waals surface area contributed by atoms with Gasteiger partial charge < -0.3 is 15.9 Å². The monoisotopic (exact) mass is 232 g/mol. The van der Waals surface area contributed by atoms with Crippen LogP contribution >= 0.6 is 15.9 Å². The maximum Gasteiger partial charge on any atom is 0.169 e. The highest BCUT2D eigenvalue weighted by Gasteiger charge is 2.08. The third-order valence-electron chi connectivity index (χ3n) is 1.68. The average Bonchev–Trinajstić information content (AvgIpc) is 2.47. The number of rotatable bonds is 4. The summed E-state index contributed by atoms with van der Waals surface area (Å²) < 4.78 is 6.02. The van der Waals surface area contributed by atoms with E-state index in [1.165, 1.54) is 0 Å². The Morgan fingerprint density at radius 3 is 2.75 bits per heavy atom. The van der Waals surface area contributed by atoms with Crippen LogP contribution in [0.5, 0.6) is 0 Å².